The van der Waals surface area contributed by atoms with Gasteiger partial charge < -0.3 is 9.32 Å². The van der Waals surface area contributed by atoms with Gasteiger partial charge in [-0.25, -0.2) is 0 Å². The third-order valence-electron chi connectivity index (χ3n) is 11.8. The van der Waals surface area contributed by atoms with Crippen molar-refractivity contribution in [2.24, 2.45) is 0 Å². The molecule has 1 heterocycles. The molecule has 1 aromatic heterocycles. The predicted molar refractivity (Wildman–Crippen MR) is 232 cm³/mol. The Bertz CT molecular complexity index is 3110. The molecule has 0 radical (unpaired) electrons. The van der Waals surface area contributed by atoms with Crippen molar-refractivity contribution in [1.29, 1.82) is 0 Å². The van der Waals surface area contributed by atoms with Crippen LogP contribution in [-0.4, -0.2) is 0 Å². The molecule has 0 amide bonds. The molecular formula is C53H37NO. The number of nitrogens with zero attached hydrogens (tertiary/aromatic N) is 1. The van der Waals surface area contributed by atoms with Crippen LogP contribution in [0.3, 0.4) is 0 Å². The Hall–Kier alpha value is -6.90. The van der Waals surface area contributed by atoms with Crippen LogP contribution in [0, 0.1) is 0 Å². The zero-order valence-electron chi connectivity index (χ0n) is 30.8. The predicted octanol–water partition coefficient (Wildman–Crippen LogP) is 15.0. The van der Waals surface area contributed by atoms with E-state index in [-0.39, 0.29) is 5.41 Å². The number of fused-ring (bicyclic) bond motifs is 9. The van der Waals surface area contributed by atoms with Gasteiger partial charge >= 0.3 is 0 Å². The lowest BCUT2D eigenvalue weighted by molar-refractivity contribution is 0.666. The quantitative estimate of drug-likeness (QED) is 0.177. The average molecular weight is 704 g/mol. The minimum Gasteiger partial charge on any atom is -0.456 e. The highest BCUT2D eigenvalue weighted by atomic mass is 16.3. The summed E-state index contributed by atoms with van der Waals surface area (Å²) in [6.45, 7) is 4.76. The van der Waals surface area contributed by atoms with E-state index >= 15 is 0 Å². The molecule has 0 spiro atoms. The molecule has 10 aromatic rings. The Kier molecular flexibility index (Phi) is 6.93. The lowest BCUT2D eigenvalue weighted by Gasteiger charge is -2.30. The average Bonchev–Trinajstić information content (AvgIpc) is 3.73. The number of hydrogen-bond donors (Lipinski definition) is 0. The largest absolute Gasteiger partial charge is 0.456 e. The fourth-order valence-corrected chi connectivity index (χ4v) is 9.12. The van der Waals surface area contributed by atoms with Crippen LogP contribution in [0.2, 0.25) is 0 Å². The second-order valence-electron chi connectivity index (χ2n) is 15.3. The molecule has 11 rings (SSSR count). The normalized spacial score (nSPS) is 13.1. The van der Waals surface area contributed by atoms with Crippen molar-refractivity contribution in [1.82, 2.24) is 0 Å². The fourth-order valence-electron chi connectivity index (χ4n) is 9.12. The zero-order valence-corrected chi connectivity index (χ0v) is 30.8. The highest BCUT2D eigenvalue weighted by Gasteiger charge is 2.39. The van der Waals surface area contributed by atoms with Crippen LogP contribution < -0.4 is 4.90 Å². The Labute approximate surface area is 320 Å². The Morgan fingerprint density at radius 3 is 1.75 bits per heavy atom. The van der Waals surface area contributed by atoms with Crippen LogP contribution in [0.5, 0.6) is 0 Å². The van der Waals surface area contributed by atoms with Gasteiger partial charge in [0.1, 0.15) is 11.2 Å². The van der Waals surface area contributed by atoms with Gasteiger partial charge in [0, 0.05) is 33.1 Å². The molecule has 0 aliphatic heterocycles. The molecule has 2 heteroatoms. The fraction of sp³-hybridized carbons (Fsp3) is 0.0566. The number of anilines is 3. The van der Waals surface area contributed by atoms with Crippen LogP contribution in [-0.2, 0) is 5.41 Å². The first kappa shape index (κ1) is 31.6. The van der Waals surface area contributed by atoms with Gasteiger partial charge in [-0.05, 0) is 115 Å². The van der Waals surface area contributed by atoms with Gasteiger partial charge in [-0.3, -0.25) is 0 Å². The number of benzene rings is 9. The maximum Gasteiger partial charge on any atom is 0.135 e. The van der Waals surface area contributed by atoms with Gasteiger partial charge in [0.05, 0.1) is 5.69 Å². The Balaban J connectivity index is 1.09. The van der Waals surface area contributed by atoms with E-state index in [1.54, 1.807) is 0 Å². The molecule has 0 saturated heterocycles. The summed E-state index contributed by atoms with van der Waals surface area (Å²) >= 11 is 0. The van der Waals surface area contributed by atoms with E-state index in [1.165, 1.54) is 66.2 Å². The molecule has 2 nitrogen and oxygen atoms in total. The van der Waals surface area contributed by atoms with E-state index in [2.05, 4.69) is 195 Å². The molecule has 0 saturated carbocycles. The molecule has 0 fully saturated rings. The Morgan fingerprint density at radius 1 is 0.418 bits per heavy atom. The third kappa shape index (κ3) is 4.95. The number of para-hydroxylation sites is 1. The summed E-state index contributed by atoms with van der Waals surface area (Å²) in [4.78, 5) is 2.46. The van der Waals surface area contributed by atoms with Crippen molar-refractivity contribution in [3.05, 3.63) is 199 Å². The number of rotatable bonds is 5. The maximum absolute atomic E-state index is 6.15. The van der Waals surface area contributed by atoms with E-state index in [0.717, 1.165) is 38.9 Å². The first-order chi connectivity index (χ1) is 27.0. The van der Waals surface area contributed by atoms with E-state index in [0.29, 0.717) is 0 Å². The summed E-state index contributed by atoms with van der Waals surface area (Å²) in [6, 6.07) is 68.5. The van der Waals surface area contributed by atoms with Crippen molar-refractivity contribution in [3.8, 4) is 33.4 Å². The smallest absolute Gasteiger partial charge is 0.135 e. The van der Waals surface area contributed by atoms with Crippen molar-refractivity contribution in [3.63, 3.8) is 0 Å². The summed E-state index contributed by atoms with van der Waals surface area (Å²) in [7, 11) is 0. The van der Waals surface area contributed by atoms with E-state index < -0.39 is 0 Å². The summed E-state index contributed by atoms with van der Waals surface area (Å²) in [6.07, 6.45) is 0. The second kappa shape index (κ2) is 12.1. The van der Waals surface area contributed by atoms with Gasteiger partial charge in [-0.15, -0.1) is 0 Å². The highest BCUT2D eigenvalue weighted by molar-refractivity contribution is 6.07. The number of furan rings is 1. The molecule has 260 valence electrons. The minimum atomic E-state index is -0.160. The zero-order chi connectivity index (χ0) is 36.7. The standard InChI is InChI=1S/C53H37NO/c1-53(2)47-17-9-7-16-45(47)51-48(33-40-13-5-6-14-43(40)52(51)53)54(41-26-21-35(22-27-41)38-20-19-34-11-3-4-12-37(34)31-38)42-28-23-36(24-29-42)39-25-30-50-46(32-39)44-15-8-10-18-49(44)55-50/h3-33H,1-2H3. The summed E-state index contributed by atoms with van der Waals surface area (Å²) in [5, 5.41) is 7.34. The van der Waals surface area contributed by atoms with Gasteiger partial charge in [-0.1, -0.05) is 147 Å². The van der Waals surface area contributed by atoms with Crippen LogP contribution in [0.25, 0.3) is 76.9 Å². The first-order valence-electron chi connectivity index (χ1n) is 19.1. The molecule has 9 aromatic carbocycles. The molecule has 0 N–H and O–H groups in total. The summed E-state index contributed by atoms with van der Waals surface area (Å²) in [5.41, 5.74) is 15.2. The number of hydrogen-bond acceptors (Lipinski definition) is 2. The van der Waals surface area contributed by atoms with E-state index in [1.807, 2.05) is 12.1 Å². The van der Waals surface area contributed by atoms with Crippen molar-refractivity contribution >= 4 is 60.5 Å². The highest BCUT2D eigenvalue weighted by Crippen LogP contribution is 2.56. The maximum atomic E-state index is 6.15. The van der Waals surface area contributed by atoms with Crippen molar-refractivity contribution in [2.45, 2.75) is 19.3 Å². The molecule has 55 heavy (non-hydrogen) atoms. The summed E-state index contributed by atoms with van der Waals surface area (Å²) < 4.78 is 6.15. The van der Waals surface area contributed by atoms with Crippen molar-refractivity contribution in [2.75, 3.05) is 4.90 Å². The lowest BCUT2D eigenvalue weighted by atomic mass is 9.80. The van der Waals surface area contributed by atoms with Gasteiger partial charge in [0.25, 0.3) is 0 Å². The van der Waals surface area contributed by atoms with Gasteiger partial charge in [0.15, 0.2) is 0 Å². The van der Waals surface area contributed by atoms with Crippen LogP contribution in [0.4, 0.5) is 17.1 Å². The van der Waals surface area contributed by atoms with Crippen LogP contribution in [0.15, 0.2) is 192 Å². The minimum absolute atomic E-state index is 0.160. The van der Waals surface area contributed by atoms with Crippen LogP contribution >= 0.6 is 0 Å². The van der Waals surface area contributed by atoms with Crippen LogP contribution in [0.1, 0.15) is 25.0 Å². The third-order valence-corrected chi connectivity index (χ3v) is 11.8. The molecular weight excluding hydrogens is 667 g/mol. The molecule has 1 aliphatic rings. The first-order valence-corrected chi connectivity index (χ1v) is 19.1. The van der Waals surface area contributed by atoms with E-state index in [4.69, 9.17) is 4.42 Å². The topological polar surface area (TPSA) is 16.4 Å². The molecule has 0 bridgehead atoms. The lowest BCUT2D eigenvalue weighted by Crippen LogP contribution is -2.16. The SMILES string of the molecule is CC1(C)c2ccccc2-c2c(N(c3ccc(-c4ccc5ccccc5c4)cc3)c3ccc(-c4ccc5oc6ccccc6c5c4)cc3)cc3ccccc3c21. The summed E-state index contributed by atoms with van der Waals surface area (Å²) in [5.74, 6) is 0. The molecule has 0 unspecified atom stereocenters. The van der Waals surface area contributed by atoms with Gasteiger partial charge in [-0.2, -0.15) is 0 Å². The second-order valence-corrected chi connectivity index (χ2v) is 15.3. The van der Waals surface area contributed by atoms with Crippen molar-refractivity contribution < 1.29 is 4.42 Å². The Morgan fingerprint density at radius 2 is 0.982 bits per heavy atom. The monoisotopic (exact) mass is 703 g/mol. The van der Waals surface area contributed by atoms with E-state index in [9.17, 15) is 0 Å². The molecule has 0 atom stereocenters. The van der Waals surface area contributed by atoms with Gasteiger partial charge in [0.2, 0.25) is 0 Å². The molecule has 1 aliphatic carbocycles.